The van der Waals surface area contributed by atoms with Gasteiger partial charge < -0.3 is 10.4 Å². The third-order valence-corrected chi connectivity index (χ3v) is 3.40. The molecule has 0 radical (unpaired) electrons. The second-order valence-corrected chi connectivity index (χ2v) is 5.07. The maximum Gasteiger partial charge on any atom is 0.0681 e. The summed E-state index contributed by atoms with van der Waals surface area (Å²) in [5, 5.41) is 13.2. The fraction of sp³-hybridized carbons (Fsp3) is 0.250. The molecule has 3 heteroatoms. The van der Waals surface area contributed by atoms with Crippen molar-refractivity contribution in [1.82, 2.24) is 5.32 Å². The van der Waals surface area contributed by atoms with Crippen LogP contribution in [-0.2, 0) is 13.2 Å². The number of aliphatic hydroxyl groups excluding tert-OH is 1. The van der Waals surface area contributed by atoms with Crippen molar-refractivity contribution in [2.24, 2.45) is 0 Å². The molecule has 0 saturated heterocycles. The standard InChI is InChI=1S/C16H18ClNO/c1-12(15-3-2-4-16(17)9-15)18-10-13-5-7-14(11-19)8-6-13/h2-9,12,18-19H,10-11H2,1H3. The van der Waals surface area contributed by atoms with Crippen molar-refractivity contribution < 1.29 is 5.11 Å². The lowest BCUT2D eigenvalue weighted by atomic mass is 10.1. The van der Waals surface area contributed by atoms with E-state index in [1.54, 1.807) is 0 Å². The Morgan fingerprint density at radius 1 is 1.11 bits per heavy atom. The molecule has 2 nitrogen and oxygen atoms in total. The molecule has 0 fully saturated rings. The third-order valence-electron chi connectivity index (χ3n) is 3.17. The van der Waals surface area contributed by atoms with Crippen LogP contribution in [-0.4, -0.2) is 5.11 Å². The van der Waals surface area contributed by atoms with Gasteiger partial charge in [0.15, 0.2) is 0 Å². The number of hydrogen-bond acceptors (Lipinski definition) is 2. The summed E-state index contributed by atoms with van der Waals surface area (Å²) in [4.78, 5) is 0. The largest absolute Gasteiger partial charge is 0.392 e. The monoisotopic (exact) mass is 275 g/mol. The summed E-state index contributed by atoms with van der Waals surface area (Å²) >= 11 is 5.99. The molecule has 2 aromatic carbocycles. The highest BCUT2D eigenvalue weighted by Crippen LogP contribution is 2.17. The highest BCUT2D eigenvalue weighted by atomic mass is 35.5. The zero-order chi connectivity index (χ0) is 13.7. The number of rotatable bonds is 5. The van der Waals surface area contributed by atoms with Crippen molar-refractivity contribution in [3.8, 4) is 0 Å². The molecular weight excluding hydrogens is 258 g/mol. The van der Waals surface area contributed by atoms with E-state index in [0.29, 0.717) is 0 Å². The maximum absolute atomic E-state index is 8.99. The summed E-state index contributed by atoms with van der Waals surface area (Å²) in [6.45, 7) is 3.00. The lowest BCUT2D eigenvalue weighted by Crippen LogP contribution is -2.18. The van der Waals surface area contributed by atoms with Gasteiger partial charge in [0, 0.05) is 17.6 Å². The van der Waals surface area contributed by atoms with Crippen LogP contribution in [0.25, 0.3) is 0 Å². The van der Waals surface area contributed by atoms with E-state index in [4.69, 9.17) is 16.7 Å². The van der Waals surface area contributed by atoms with Gasteiger partial charge in [0.2, 0.25) is 0 Å². The van der Waals surface area contributed by atoms with Gasteiger partial charge in [-0.15, -0.1) is 0 Å². The first-order chi connectivity index (χ1) is 9.19. The van der Waals surface area contributed by atoms with Gasteiger partial charge in [-0.3, -0.25) is 0 Å². The lowest BCUT2D eigenvalue weighted by Gasteiger charge is -2.14. The molecule has 0 spiro atoms. The van der Waals surface area contributed by atoms with E-state index in [1.807, 2.05) is 42.5 Å². The van der Waals surface area contributed by atoms with Gasteiger partial charge in [-0.05, 0) is 35.7 Å². The van der Waals surface area contributed by atoms with Gasteiger partial charge in [0.1, 0.15) is 0 Å². The Hall–Kier alpha value is -1.35. The van der Waals surface area contributed by atoms with Crippen molar-refractivity contribution in [2.75, 3.05) is 0 Å². The van der Waals surface area contributed by atoms with E-state index < -0.39 is 0 Å². The lowest BCUT2D eigenvalue weighted by molar-refractivity contribution is 0.282. The topological polar surface area (TPSA) is 32.3 Å². The Bertz CT molecular complexity index is 525. The van der Waals surface area contributed by atoms with E-state index in [1.165, 1.54) is 11.1 Å². The number of benzene rings is 2. The predicted octanol–water partition coefficient (Wildman–Crippen LogP) is 3.68. The van der Waals surface area contributed by atoms with Gasteiger partial charge in [-0.25, -0.2) is 0 Å². The highest BCUT2D eigenvalue weighted by Gasteiger charge is 2.05. The number of hydrogen-bond donors (Lipinski definition) is 2. The predicted molar refractivity (Wildman–Crippen MR) is 79.1 cm³/mol. The summed E-state index contributed by atoms with van der Waals surface area (Å²) in [6, 6.07) is 16.1. The van der Waals surface area contributed by atoms with Gasteiger partial charge >= 0.3 is 0 Å². The minimum Gasteiger partial charge on any atom is -0.392 e. The van der Waals surface area contributed by atoms with E-state index in [0.717, 1.165) is 17.1 Å². The van der Waals surface area contributed by atoms with Crippen LogP contribution in [0.15, 0.2) is 48.5 Å². The average Bonchev–Trinajstić information content (AvgIpc) is 2.45. The second-order valence-electron chi connectivity index (χ2n) is 4.63. The fourth-order valence-corrected chi connectivity index (χ4v) is 2.13. The first-order valence-electron chi connectivity index (χ1n) is 6.36. The molecule has 19 heavy (non-hydrogen) atoms. The second kappa shape index (κ2) is 6.71. The van der Waals surface area contributed by atoms with E-state index in [-0.39, 0.29) is 12.6 Å². The number of halogens is 1. The van der Waals surface area contributed by atoms with Crippen LogP contribution in [0, 0.1) is 0 Å². The molecule has 2 aromatic rings. The minimum atomic E-state index is 0.0899. The summed E-state index contributed by atoms with van der Waals surface area (Å²) in [7, 11) is 0. The summed E-state index contributed by atoms with van der Waals surface area (Å²) in [5.74, 6) is 0. The normalized spacial score (nSPS) is 12.4. The van der Waals surface area contributed by atoms with E-state index in [2.05, 4.69) is 18.3 Å². The van der Waals surface area contributed by atoms with Crippen molar-refractivity contribution >= 4 is 11.6 Å². The van der Waals surface area contributed by atoms with Crippen LogP contribution in [0.5, 0.6) is 0 Å². The molecule has 0 bridgehead atoms. The Labute approximate surface area is 119 Å². The molecule has 0 saturated carbocycles. The minimum absolute atomic E-state index is 0.0899. The van der Waals surface area contributed by atoms with Crippen LogP contribution >= 0.6 is 11.6 Å². The van der Waals surface area contributed by atoms with Gasteiger partial charge in [-0.1, -0.05) is 48.0 Å². The first-order valence-corrected chi connectivity index (χ1v) is 6.74. The first kappa shape index (κ1) is 14.1. The van der Waals surface area contributed by atoms with Crippen LogP contribution in [0.3, 0.4) is 0 Å². The highest BCUT2D eigenvalue weighted by molar-refractivity contribution is 6.30. The fourth-order valence-electron chi connectivity index (χ4n) is 1.93. The molecule has 0 amide bonds. The van der Waals surface area contributed by atoms with Crippen LogP contribution < -0.4 is 5.32 Å². The molecule has 0 aliphatic heterocycles. The average molecular weight is 276 g/mol. The smallest absolute Gasteiger partial charge is 0.0681 e. The molecule has 2 N–H and O–H groups in total. The molecule has 2 rings (SSSR count). The molecule has 1 atom stereocenters. The Kier molecular flexibility index (Phi) is 4.97. The molecule has 0 aromatic heterocycles. The zero-order valence-corrected chi connectivity index (χ0v) is 11.7. The Balaban J connectivity index is 1.94. The SMILES string of the molecule is CC(NCc1ccc(CO)cc1)c1cccc(Cl)c1. The van der Waals surface area contributed by atoms with Crippen LogP contribution in [0.1, 0.15) is 29.7 Å². The maximum atomic E-state index is 8.99. The van der Waals surface area contributed by atoms with E-state index in [9.17, 15) is 0 Å². The Morgan fingerprint density at radius 2 is 1.79 bits per heavy atom. The number of aliphatic hydroxyl groups is 1. The van der Waals surface area contributed by atoms with Crippen molar-refractivity contribution in [2.45, 2.75) is 26.1 Å². The number of nitrogens with one attached hydrogen (secondary N) is 1. The van der Waals surface area contributed by atoms with Gasteiger partial charge in [0.05, 0.1) is 6.61 Å². The van der Waals surface area contributed by atoms with Crippen LogP contribution in [0.2, 0.25) is 5.02 Å². The molecule has 100 valence electrons. The molecular formula is C16H18ClNO. The van der Waals surface area contributed by atoms with E-state index >= 15 is 0 Å². The summed E-state index contributed by atoms with van der Waals surface area (Å²) in [5.41, 5.74) is 3.32. The summed E-state index contributed by atoms with van der Waals surface area (Å²) < 4.78 is 0. The molecule has 0 aliphatic rings. The van der Waals surface area contributed by atoms with Gasteiger partial charge in [-0.2, -0.15) is 0 Å². The molecule has 1 unspecified atom stereocenters. The molecule has 0 aliphatic carbocycles. The van der Waals surface area contributed by atoms with Gasteiger partial charge in [0.25, 0.3) is 0 Å². The van der Waals surface area contributed by atoms with Crippen molar-refractivity contribution in [1.29, 1.82) is 0 Å². The summed E-state index contributed by atoms with van der Waals surface area (Å²) in [6.07, 6.45) is 0. The quantitative estimate of drug-likeness (QED) is 0.872. The van der Waals surface area contributed by atoms with Crippen molar-refractivity contribution in [3.05, 3.63) is 70.2 Å². The zero-order valence-electron chi connectivity index (χ0n) is 10.9. The molecule has 0 heterocycles. The Morgan fingerprint density at radius 3 is 2.42 bits per heavy atom. The third kappa shape index (κ3) is 4.06. The van der Waals surface area contributed by atoms with Crippen molar-refractivity contribution in [3.63, 3.8) is 0 Å². The van der Waals surface area contributed by atoms with Crippen LogP contribution in [0.4, 0.5) is 0 Å².